The molecule has 0 fully saturated rings. The van der Waals surface area contributed by atoms with Gasteiger partial charge in [0.2, 0.25) is 0 Å². The van der Waals surface area contributed by atoms with Crippen LogP contribution in [-0.4, -0.2) is 12.4 Å². The van der Waals surface area contributed by atoms with Gasteiger partial charge in [-0.2, -0.15) is 8.78 Å². The predicted octanol–water partition coefficient (Wildman–Crippen LogP) is 2.00. The van der Waals surface area contributed by atoms with E-state index in [0.29, 0.717) is 11.3 Å². The number of hydrogen-bond acceptors (Lipinski definition) is 3. The molecule has 0 saturated heterocycles. The number of carbonyl (C=O) groups excluding carboxylic acids is 1. The Labute approximate surface area is 85.8 Å². The third-order valence-corrected chi connectivity index (χ3v) is 1.74. The van der Waals surface area contributed by atoms with Gasteiger partial charge in [0.1, 0.15) is 11.5 Å². The lowest BCUT2D eigenvalue weighted by Gasteiger charge is -2.10. The maximum atomic E-state index is 12.0. The molecule has 0 unspecified atom stereocenters. The molecule has 0 atom stereocenters. The smallest absolute Gasteiger partial charge is 0.387 e. The third kappa shape index (κ3) is 3.53. The van der Waals surface area contributed by atoms with E-state index in [1.165, 1.54) is 25.1 Å². The Morgan fingerprint density at radius 2 is 2.20 bits per heavy atom. The van der Waals surface area contributed by atoms with Crippen LogP contribution in [0.1, 0.15) is 12.5 Å². The van der Waals surface area contributed by atoms with E-state index < -0.39 is 6.61 Å². The van der Waals surface area contributed by atoms with Crippen LogP contribution in [-0.2, 0) is 11.2 Å². The van der Waals surface area contributed by atoms with Crippen LogP contribution in [0.4, 0.5) is 14.5 Å². The topological polar surface area (TPSA) is 52.3 Å². The zero-order chi connectivity index (χ0) is 11.4. The average molecular weight is 215 g/mol. The first-order valence-corrected chi connectivity index (χ1v) is 4.31. The maximum Gasteiger partial charge on any atom is 0.387 e. The van der Waals surface area contributed by atoms with Gasteiger partial charge < -0.3 is 10.5 Å². The fourth-order valence-electron chi connectivity index (χ4n) is 1.22. The molecule has 0 spiro atoms. The second-order valence-corrected chi connectivity index (χ2v) is 3.12. The molecule has 0 aliphatic carbocycles. The molecule has 0 aromatic heterocycles. The molecule has 0 saturated carbocycles. The number of hydrogen-bond donors (Lipinski definition) is 1. The maximum absolute atomic E-state index is 12.0. The lowest BCUT2D eigenvalue weighted by atomic mass is 10.1. The van der Waals surface area contributed by atoms with E-state index in [-0.39, 0.29) is 18.0 Å². The van der Waals surface area contributed by atoms with Crippen molar-refractivity contribution in [1.29, 1.82) is 0 Å². The first-order chi connectivity index (χ1) is 6.99. The second kappa shape index (κ2) is 4.72. The number of ether oxygens (including phenoxy) is 1. The molecule has 3 nitrogen and oxygen atoms in total. The molecule has 1 aromatic rings. The van der Waals surface area contributed by atoms with Crippen LogP contribution >= 0.6 is 0 Å². The van der Waals surface area contributed by atoms with Gasteiger partial charge in [0.15, 0.2) is 0 Å². The van der Waals surface area contributed by atoms with Crippen LogP contribution in [0.25, 0.3) is 0 Å². The first-order valence-electron chi connectivity index (χ1n) is 4.31. The summed E-state index contributed by atoms with van der Waals surface area (Å²) in [6.07, 6.45) is 0.0348. The summed E-state index contributed by atoms with van der Waals surface area (Å²) in [5.41, 5.74) is 6.27. The van der Waals surface area contributed by atoms with Crippen molar-refractivity contribution in [2.75, 3.05) is 5.73 Å². The van der Waals surface area contributed by atoms with Crippen molar-refractivity contribution in [3.05, 3.63) is 23.8 Å². The van der Waals surface area contributed by atoms with E-state index in [9.17, 15) is 13.6 Å². The number of nitrogen functional groups attached to an aromatic ring is 1. The minimum atomic E-state index is -2.90. The predicted molar refractivity (Wildman–Crippen MR) is 51.9 cm³/mol. The molecule has 0 bridgehead atoms. The van der Waals surface area contributed by atoms with Crippen LogP contribution < -0.4 is 10.5 Å². The van der Waals surface area contributed by atoms with Crippen LogP contribution in [0.3, 0.4) is 0 Å². The number of anilines is 1. The summed E-state index contributed by atoms with van der Waals surface area (Å²) < 4.78 is 28.3. The second-order valence-electron chi connectivity index (χ2n) is 3.12. The summed E-state index contributed by atoms with van der Waals surface area (Å²) in [6, 6.07) is 4.24. The molecular weight excluding hydrogens is 204 g/mol. The molecule has 0 amide bonds. The quantitative estimate of drug-likeness (QED) is 0.781. The molecule has 0 aliphatic rings. The Morgan fingerprint density at radius 3 is 2.73 bits per heavy atom. The van der Waals surface area contributed by atoms with Gasteiger partial charge in [-0.1, -0.05) is 0 Å². The Balaban J connectivity index is 2.97. The zero-order valence-corrected chi connectivity index (χ0v) is 8.17. The summed E-state index contributed by atoms with van der Waals surface area (Å²) in [4.78, 5) is 10.9. The summed E-state index contributed by atoms with van der Waals surface area (Å²) in [5.74, 6) is -0.144. The summed E-state index contributed by atoms with van der Waals surface area (Å²) >= 11 is 0. The lowest BCUT2D eigenvalue weighted by Crippen LogP contribution is -2.07. The highest BCUT2D eigenvalue weighted by Crippen LogP contribution is 2.23. The van der Waals surface area contributed by atoms with Gasteiger partial charge >= 0.3 is 6.61 Å². The Morgan fingerprint density at radius 1 is 1.53 bits per heavy atom. The number of carbonyl (C=O) groups is 1. The summed E-state index contributed by atoms with van der Waals surface area (Å²) in [7, 11) is 0. The van der Waals surface area contributed by atoms with Crippen molar-refractivity contribution in [3.63, 3.8) is 0 Å². The van der Waals surface area contributed by atoms with Gasteiger partial charge in [0.05, 0.1) is 0 Å². The lowest BCUT2D eigenvalue weighted by molar-refractivity contribution is -0.116. The number of rotatable bonds is 4. The standard InChI is InChI=1S/C10H11F2NO2/c1-6(14)4-7-5-8(13)2-3-9(7)15-10(11)12/h2-3,5,10H,4,13H2,1H3. The van der Waals surface area contributed by atoms with E-state index in [1.807, 2.05) is 0 Å². The Bertz CT molecular complexity index is 366. The van der Waals surface area contributed by atoms with Crippen molar-refractivity contribution in [2.45, 2.75) is 20.0 Å². The van der Waals surface area contributed by atoms with E-state index in [1.54, 1.807) is 0 Å². The average Bonchev–Trinajstić information content (AvgIpc) is 2.08. The molecule has 0 aliphatic heterocycles. The minimum Gasteiger partial charge on any atom is -0.435 e. The molecule has 5 heteroatoms. The minimum absolute atomic E-state index is 0.00519. The van der Waals surface area contributed by atoms with E-state index in [4.69, 9.17) is 5.73 Å². The number of alkyl halides is 2. The van der Waals surface area contributed by atoms with Gasteiger partial charge in [-0.3, -0.25) is 4.79 Å². The van der Waals surface area contributed by atoms with Crippen molar-refractivity contribution < 1.29 is 18.3 Å². The number of ketones is 1. The van der Waals surface area contributed by atoms with Crippen molar-refractivity contribution in [3.8, 4) is 5.75 Å². The van der Waals surface area contributed by atoms with Crippen molar-refractivity contribution >= 4 is 11.5 Å². The van der Waals surface area contributed by atoms with E-state index in [0.717, 1.165) is 0 Å². The molecule has 15 heavy (non-hydrogen) atoms. The highest BCUT2D eigenvalue weighted by atomic mass is 19.3. The SMILES string of the molecule is CC(=O)Cc1cc(N)ccc1OC(F)F. The largest absolute Gasteiger partial charge is 0.435 e. The van der Waals surface area contributed by atoms with Gasteiger partial charge in [-0.25, -0.2) is 0 Å². The van der Waals surface area contributed by atoms with Gasteiger partial charge in [0, 0.05) is 17.7 Å². The molecule has 0 heterocycles. The summed E-state index contributed by atoms with van der Waals surface area (Å²) in [6.45, 7) is -1.53. The Kier molecular flexibility index (Phi) is 3.60. The number of Topliss-reactive ketones (excluding diaryl/α,β-unsaturated/α-hetero) is 1. The normalized spacial score (nSPS) is 10.4. The first kappa shape index (κ1) is 11.4. The fourth-order valence-corrected chi connectivity index (χ4v) is 1.22. The molecular formula is C10H11F2NO2. The Hall–Kier alpha value is -1.65. The monoisotopic (exact) mass is 215 g/mol. The molecule has 82 valence electrons. The van der Waals surface area contributed by atoms with Gasteiger partial charge in [0.25, 0.3) is 0 Å². The van der Waals surface area contributed by atoms with Crippen LogP contribution in [0.2, 0.25) is 0 Å². The molecule has 2 N–H and O–H groups in total. The van der Waals surface area contributed by atoms with E-state index >= 15 is 0 Å². The zero-order valence-electron chi connectivity index (χ0n) is 8.17. The van der Waals surface area contributed by atoms with Crippen molar-refractivity contribution in [1.82, 2.24) is 0 Å². The summed E-state index contributed by atoms with van der Waals surface area (Å²) in [5, 5.41) is 0. The van der Waals surface area contributed by atoms with Gasteiger partial charge in [-0.15, -0.1) is 0 Å². The number of nitrogens with two attached hydrogens (primary N) is 1. The highest BCUT2D eigenvalue weighted by molar-refractivity contribution is 5.79. The van der Waals surface area contributed by atoms with Gasteiger partial charge in [-0.05, 0) is 25.1 Å². The van der Waals surface area contributed by atoms with Crippen LogP contribution in [0.15, 0.2) is 18.2 Å². The van der Waals surface area contributed by atoms with Crippen LogP contribution in [0, 0.1) is 0 Å². The molecule has 1 aromatic carbocycles. The highest BCUT2D eigenvalue weighted by Gasteiger charge is 2.11. The molecule has 1 rings (SSSR count). The number of halogens is 2. The fraction of sp³-hybridized carbons (Fsp3) is 0.300. The van der Waals surface area contributed by atoms with Crippen LogP contribution in [0.5, 0.6) is 5.75 Å². The third-order valence-electron chi connectivity index (χ3n) is 1.74. The van der Waals surface area contributed by atoms with Crippen molar-refractivity contribution in [2.24, 2.45) is 0 Å². The van der Waals surface area contributed by atoms with E-state index in [2.05, 4.69) is 4.74 Å². The number of benzene rings is 1. The molecule has 0 radical (unpaired) electrons.